The van der Waals surface area contributed by atoms with Crippen LogP contribution in [0.5, 0.6) is 5.75 Å². The first kappa shape index (κ1) is 13.2. The molecule has 0 aliphatic heterocycles. The molecule has 0 heterocycles. The highest BCUT2D eigenvalue weighted by molar-refractivity contribution is 9.10. The molecule has 2 aromatic carbocycles. The highest BCUT2D eigenvalue weighted by Gasteiger charge is 2.16. The molecule has 0 radical (unpaired) electrons. The monoisotopic (exact) mass is 304 g/mol. The summed E-state index contributed by atoms with van der Waals surface area (Å²) < 4.78 is 1.01. The van der Waals surface area contributed by atoms with Crippen LogP contribution in [0.3, 0.4) is 0 Å². The first-order valence-electron chi connectivity index (χ1n) is 5.97. The number of phenolic OH excluding ortho intramolecular Hbond substituents is 1. The van der Waals surface area contributed by atoms with E-state index in [1.807, 2.05) is 30.3 Å². The minimum atomic E-state index is 0.0778. The lowest BCUT2D eigenvalue weighted by atomic mass is 9.85. The van der Waals surface area contributed by atoms with Gasteiger partial charge in [0, 0.05) is 10.0 Å². The van der Waals surface area contributed by atoms with Crippen molar-refractivity contribution >= 4 is 15.9 Å². The van der Waals surface area contributed by atoms with Crippen LogP contribution < -0.4 is 0 Å². The SMILES string of the molecule is CC(C)(C)c1ccc(O)c(-c2cccc(Br)c2)c1. The smallest absolute Gasteiger partial charge is 0.123 e. The summed E-state index contributed by atoms with van der Waals surface area (Å²) in [4.78, 5) is 0. The van der Waals surface area contributed by atoms with Gasteiger partial charge in [0.25, 0.3) is 0 Å². The Kier molecular flexibility index (Phi) is 3.49. The lowest BCUT2D eigenvalue weighted by Crippen LogP contribution is -2.10. The molecule has 0 amide bonds. The maximum absolute atomic E-state index is 10.0. The third-order valence-corrected chi connectivity index (χ3v) is 3.49. The Morgan fingerprint density at radius 1 is 1.00 bits per heavy atom. The molecular formula is C16H17BrO. The number of hydrogen-bond donors (Lipinski definition) is 1. The number of aromatic hydroxyl groups is 1. The lowest BCUT2D eigenvalue weighted by molar-refractivity contribution is 0.476. The summed E-state index contributed by atoms with van der Waals surface area (Å²) in [6.45, 7) is 6.51. The average Bonchev–Trinajstić information content (AvgIpc) is 2.28. The molecule has 1 N–H and O–H groups in total. The summed E-state index contributed by atoms with van der Waals surface area (Å²) in [5, 5.41) is 10.0. The van der Waals surface area contributed by atoms with Crippen molar-refractivity contribution in [3.05, 3.63) is 52.5 Å². The van der Waals surface area contributed by atoms with E-state index < -0.39 is 0 Å². The van der Waals surface area contributed by atoms with E-state index in [1.54, 1.807) is 6.07 Å². The van der Waals surface area contributed by atoms with Gasteiger partial charge in [-0.05, 0) is 40.8 Å². The van der Waals surface area contributed by atoms with E-state index in [4.69, 9.17) is 0 Å². The molecule has 0 spiro atoms. The van der Waals surface area contributed by atoms with Crippen molar-refractivity contribution in [2.75, 3.05) is 0 Å². The van der Waals surface area contributed by atoms with Crippen LogP contribution in [0.25, 0.3) is 11.1 Å². The Morgan fingerprint density at radius 3 is 2.33 bits per heavy atom. The fraction of sp³-hybridized carbons (Fsp3) is 0.250. The van der Waals surface area contributed by atoms with Crippen LogP contribution in [0.15, 0.2) is 46.9 Å². The van der Waals surface area contributed by atoms with E-state index in [1.165, 1.54) is 5.56 Å². The molecule has 2 rings (SSSR count). The van der Waals surface area contributed by atoms with Crippen LogP contribution in [0.4, 0.5) is 0 Å². The molecule has 0 saturated carbocycles. The second kappa shape index (κ2) is 4.77. The van der Waals surface area contributed by atoms with E-state index in [0.717, 1.165) is 15.6 Å². The Morgan fingerprint density at radius 2 is 1.72 bits per heavy atom. The molecule has 94 valence electrons. The van der Waals surface area contributed by atoms with Gasteiger partial charge in [0.15, 0.2) is 0 Å². The normalized spacial score (nSPS) is 11.6. The van der Waals surface area contributed by atoms with Crippen LogP contribution in [0.1, 0.15) is 26.3 Å². The van der Waals surface area contributed by atoms with Gasteiger partial charge >= 0.3 is 0 Å². The molecular weight excluding hydrogens is 288 g/mol. The molecule has 0 aliphatic carbocycles. The van der Waals surface area contributed by atoms with E-state index in [0.29, 0.717) is 5.75 Å². The van der Waals surface area contributed by atoms with Crippen molar-refractivity contribution in [2.45, 2.75) is 26.2 Å². The minimum absolute atomic E-state index is 0.0778. The van der Waals surface area contributed by atoms with Gasteiger partial charge < -0.3 is 5.11 Å². The number of benzene rings is 2. The van der Waals surface area contributed by atoms with Gasteiger partial charge in [0.2, 0.25) is 0 Å². The Balaban J connectivity index is 2.57. The van der Waals surface area contributed by atoms with Gasteiger partial charge in [-0.15, -0.1) is 0 Å². The van der Waals surface area contributed by atoms with E-state index >= 15 is 0 Å². The highest BCUT2D eigenvalue weighted by atomic mass is 79.9. The van der Waals surface area contributed by atoms with Crippen LogP contribution >= 0.6 is 15.9 Å². The van der Waals surface area contributed by atoms with E-state index in [-0.39, 0.29) is 5.41 Å². The van der Waals surface area contributed by atoms with Crippen molar-refractivity contribution in [1.29, 1.82) is 0 Å². The fourth-order valence-corrected chi connectivity index (χ4v) is 2.29. The van der Waals surface area contributed by atoms with Crippen LogP contribution in [-0.4, -0.2) is 5.11 Å². The molecule has 1 nitrogen and oxygen atoms in total. The van der Waals surface area contributed by atoms with Crippen molar-refractivity contribution < 1.29 is 5.11 Å². The Hall–Kier alpha value is -1.28. The zero-order valence-corrected chi connectivity index (χ0v) is 12.5. The zero-order valence-electron chi connectivity index (χ0n) is 10.9. The fourth-order valence-electron chi connectivity index (χ4n) is 1.89. The topological polar surface area (TPSA) is 20.2 Å². The zero-order chi connectivity index (χ0) is 13.3. The predicted molar refractivity (Wildman–Crippen MR) is 79.9 cm³/mol. The van der Waals surface area contributed by atoms with Crippen molar-refractivity contribution in [2.24, 2.45) is 0 Å². The van der Waals surface area contributed by atoms with Crippen molar-refractivity contribution in [3.8, 4) is 16.9 Å². The molecule has 18 heavy (non-hydrogen) atoms. The van der Waals surface area contributed by atoms with Crippen molar-refractivity contribution in [3.63, 3.8) is 0 Å². The van der Waals surface area contributed by atoms with Crippen molar-refractivity contribution in [1.82, 2.24) is 0 Å². The highest BCUT2D eigenvalue weighted by Crippen LogP contribution is 2.34. The number of hydrogen-bond acceptors (Lipinski definition) is 1. The van der Waals surface area contributed by atoms with Gasteiger partial charge in [0.05, 0.1) is 0 Å². The maximum atomic E-state index is 10.0. The average molecular weight is 305 g/mol. The largest absolute Gasteiger partial charge is 0.507 e. The molecule has 0 unspecified atom stereocenters. The number of phenols is 1. The van der Waals surface area contributed by atoms with Gasteiger partial charge in [-0.25, -0.2) is 0 Å². The molecule has 0 bridgehead atoms. The number of rotatable bonds is 1. The van der Waals surface area contributed by atoms with Gasteiger partial charge in [0.1, 0.15) is 5.75 Å². The molecule has 2 heteroatoms. The van der Waals surface area contributed by atoms with Crippen LogP contribution in [0.2, 0.25) is 0 Å². The quantitative estimate of drug-likeness (QED) is 0.775. The molecule has 0 aliphatic rings. The minimum Gasteiger partial charge on any atom is -0.507 e. The first-order chi connectivity index (χ1) is 8.38. The summed E-state index contributed by atoms with van der Waals surface area (Å²) in [5.74, 6) is 0.320. The van der Waals surface area contributed by atoms with Crippen LogP contribution in [-0.2, 0) is 5.41 Å². The summed E-state index contributed by atoms with van der Waals surface area (Å²) in [7, 11) is 0. The third-order valence-electron chi connectivity index (χ3n) is 3.00. The summed E-state index contributed by atoms with van der Waals surface area (Å²) in [6, 6.07) is 13.8. The molecule has 0 saturated heterocycles. The summed E-state index contributed by atoms with van der Waals surface area (Å²) in [5.41, 5.74) is 3.20. The Bertz CT molecular complexity index is 568. The van der Waals surface area contributed by atoms with E-state index in [9.17, 15) is 5.11 Å². The molecule has 0 aromatic heterocycles. The maximum Gasteiger partial charge on any atom is 0.123 e. The van der Waals surface area contributed by atoms with Gasteiger partial charge in [-0.3, -0.25) is 0 Å². The number of halogens is 1. The van der Waals surface area contributed by atoms with Gasteiger partial charge in [-0.1, -0.05) is 54.9 Å². The van der Waals surface area contributed by atoms with Gasteiger partial charge in [-0.2, -0.15) is 0 Å². The first-order valence-corrected chi connectivity index (χ1v) is 6.76. The predicted octanol–water partition coefficient (Wildman–Crippen LogP) is 5.12. The van der Waals surface area contributed by atoms with E-state index in [2.05, 4.69) is 42.8 Å². The Labute approximate surface area is 117 Å². The molecule has 0 atom stereocenters. The summed E-state index contributed by atoms with van der Waals surface area (Å²) >= 11 is 3.46. The third kappa shape index (κ3) is 2.75. The second-order valence-corrected chi connectivity index (χ2v) is 6.41. The van der Waals surface area contributed by atoms with Crippen LogP contribution in [0, 0.1) is 0 Å². The standard InChI is InChI=1S/C16H17BrO/c1-16(2,3)12-7-8-15(18)14(10-12)11-5-4-6-13(17)9-11/h4-10,18H,1-3H3. The second-order valence-electron chi connectivity index (χ2n) is 5.49. The summed E-state index contributed by atoms with van der Waals surface area (Å²) in [6.07, 6.45) is 0. The molecule has 2 aromatic rings. The lowest BCUT2D eigenvalue weighted by Gasteiger charge is -2.20. The molecule has 0 fully saturated rings.